The van der Waals surface area contributed by atoms with Gasteiger partial charge < -0.3 is 4.90 Å². The highest BCUT2D eigenvalue weighted by Gasteiger charge is 2.18. The number of hydrogen-bond donors (Lipinski definition) is 0. The molecule has 0 radical (unpaired) electrons. The zero-order valence-electron chi connectivity index (χ0n) is 17.7. The van der Waals surface area contributed by atoms with Crippen molar-refractivity contribution in [3.05, 3.63) is 81.6 Å². The summed E-state index contributed by atoms with van der Waals surface area (Å²) in [6.45, 7) is 5.25. The minimum absolute atomic E-state index is 0. The lowest BCUT2D eigenvalue weighted by molar-refractivity contribution is 0.249. The van der Waals surface area contributed by atoms with E-state index < -0.39 is 0 Å². The lowest BCUT2D eigenvalue weighted by Crippen LogP contribution is -2.47. The number of hydrogen-bond acceptors (Lipinski definition) is 6. The summed E-state index contributed by atoms with van der Waals surface area (Å²) in [4.78, 5) is 38.1. The molecular weight excluding hydrogens is 451 g/mol. The van der Waals surface area contributed by atoms with Gasteiger partial charge in [0.2, 0.25) is 5.95 Å². The summed E-state index contributed by atoms with van der Waals surface area (Å²) < 4.78 is 3.02. The Morgan fingerprint density at radius 2 is 1.34 bits per heavy atom. The smallest absolute Gasteiger partial charge is 0.270 e. The van der Waals surface area contributed by atoms with Crippen LogP contribution in [0.4, 0.5) is 5.95 Å². The number of halogens is 2. The van der Waals surface area contributed by atoms with Crippen molar-refractivity contribution in [1.82, 2.24) is 24.2 Å². The molecule has 32 heavy (non-hydrogen) atoms. The number of aromatic nitrogens is 4. The molecule has 2 aromatic heterocycles. The zero-order valence-corrected chi connectivity index (χ0v) is 19.4. The monoisotopic (exact) mass is 478 g/mol. The first-order chi connectivity index (χ1) is 14.7. The van der Waals surface area contributed by atoms with Crippen LogP contribution >= 0.6 is 24.8 Å². The number of anilines is 1. The van der Waals surface area contributed by atoms with E-state index in [2.05, 4.69) is 19.8 Å². The number of nitrogens with zero attached hydrogens (tertiary/aromatic N) is 6. The van der Waals surface area contributed by atoms with E-state index in [4.69, 9.17) is 0 Å². The number of para-hydroxylation sites is 1. The molecule has 0 N–H and O–H groups in total. The largest absolute Gasteiger partial charge is 0.338 e. The Morgan fingerprint density at radius 1 is 0.719 bits per heavy atom. The van der Waals surface area contributed by atoms with Gasteiger partial charge in [0.1, 0.15) is 0 Å². The Hall–Kier alpha value is -2.68. The average molecular weight is 479 g/mol. The summed E-state index contributed by atoms with van der Waals surface area (Å²) in [7, 11) is 0. The molecule has 0 aliphatic carbocycles. The van der Waals surface area contributed by atoms with Gasteiger partial charge in [-0.25, -0.2) is 19.3 Å². The molecule has 0 unspecified atom stereocenters. The molecule has 0 spiro atoms. The van der Waals surface area contributed by atoms with Gasteiger partial charge in [-0.05, 0) is 37.6 Å². The Kier molecular flexibility index (Phi) is 9.90. The van der Waals surface area contributed by atoms with E-state index in [-0.39, 0.29) is 35.9 Å². The van der Waals surface area contributed by atoms with E-state index >= 15 is 0 Å². The molecule has 1 aromatic carbocycles. The molecular formula is C22H28Cl2N6O2. The molecule has 3 heterocycles. The zero-order chi connectivity index (χ0) is 20.8. The second kappa shape index (κ2) is 12.4. The van der Waals surface area contributed by atoms with Gasteiger partial charge in [0, 0.05) is 57.3 Å². The fourth-order valence-electron chi connectivity index (χ4n) is 3.79. The number of piperazine rings is 1. The van der Waals surface area contributed by atoms with Gasteiger partial charge in [-0.3, -0.25) is 14.5 Å². The molecule has 0 saturated carbocycles. The molecule has 0 amide bonds. The molecule has 3 aromatic rings. The van der Waals surface area contributed by atoms with Gasteiger partial charge in [0.25, 0.3) is 11.1 Å². The van der Waals surface area contributed by atoms with Gasteiger partial charge in [-0.1, -0.05) is 18.2 Å². The Bertz CT molecular complexity index is 1070. The van der Waals surface area contributed by atoms with Crippen LogP contribution in [0.25, 0.3) is 5.69 Å². The first-order valence-electron chi connectivity index (χ1n) is 10.4. The number of rotatable bonds is 7. The summed E-state index contributed by atoms with van der Waals surface area (Å²) in [6, 6.07) is 13.8. The third-order valence-corrected chi connectivity index (χ3v) is 5.38. The average Bonchev–Trinajstić information content (AvgIpc) is 2.80. The van der Waals surface area contributed by atoms with Crippen LogP contribution < -0.4 is 16.0 Å². The van der Waals surface area contributed by atoms with Crippen molar-refractivity contribution in [2.75, 3.05) is 37.6 Å². The van der Waals surface area contributed by atoms with Gasteiger partial charge in [0.15, 0.2) is 0 Å². The normalized spacial score (nSPS) is 13.8. The lowest BCUT2D eigenvalue weighted by Gasteiger charge is -2.34. The molecule has 1 aliphatic heterocycles. The molecule has 4 rings (SSSR count). The molecule has 172 valence electrons. The van der Waals surface area contributed by atoms with Crippen molar-refractivity contribution in [2.45, 2.75) is 19.4 Å². The highest BCUT2D eigenvalue weighted by atomic mass is 35.5. The van der Waals surface area contributed by atoms with Crippen LogP contribution in [0.15, 0.2) is 70.5 Å². The molecule has 8 nitrogen and oxygen atoms in total. The van der Waals surface area contributed by atoms with E-state index in [0.717, 1.165) is 51.5 Å². The molecule has 1 saturated heterocycles. The molecule has 1 fully saturated rings. The van der Waals surface area contributed by atoms with Crippen molar-refractivity contribution in [2.24, 2.45) is 0 Å². The Balaban J connectivity index is 0.00000181. The van der Waals surface area contributed by atoms with Gasteiger partial charge >= 0.3 is 0 Å². The van der Waals surface area contributed by atoms with Crippen LogP contribution in [-0.4, -0.2) is 57.0 Å². The minimum Gasteiger partial charge on any atom is -0.338 e. The Morgan fingerprint density at radius 3 is 2.03 bits per heavy atom. The van der Waals surface area contributed by atoms with E-state index in [0.29, 0.717) is 12.2 Å². The van der Waals surface area contributed by atoms with Crippen molar-refractivity contribution < 1.29 is 0 Å². The van der Waals surface area contributed by atoms with Gasteiger partial charge in [0.05, 0.1) is 5.69 Å². The quantitative estimate of drug-likeness (QED) is 0.484. The number of benzene rings is 1. The molecule has 0 atom stereocenters. The highest BCUT2D eigenvalue weighted by molar-refractivity contribution is 5.85. The Labute approximate surface area is 199 Å². The summed E-state index contributed by atoms with van der Waals surface area (Å²) in [5, 5.41) is 0. The molecule has 1 aliphatic rings. The van der Waals surface area contributed by atoms with E-state index in [1.54, 1.807) is 17.1 Å². The maximum Gasteiger partial charge on any atom is 0.270 e. The predicted molar refractivity (Wildman–Crippen MR) is 131 cm³/mol. The summed E-state index contributed by atoms with van der Waals surface area (Å²) in [6.07, 6.45) is 5.34. The van der Waals surface area contributed by atoms with E-state index in [1.165, 1.54) is 16.8 Å². The van der Waals surface area contributed by atoms with Gasteiger partial charge in [-0.15, -0.1) is 24.8 Å². The maximum absolute atomic E-state index is 12.4. The topological polar surface area (TPSA) is 76.3 Å². The van der Waals surface area contributed by atoms with Crippen LogP contribution in [0.2, 0.25) is 0 Å². The first kappa shape index (κ1) is 25.6. The third kappa shape index (κ3) is 6.18. The van der Waals surface area contributed by atoms with Crippen LogP contribution in [0.5, 0.6) is 0 Å². The number of unbranched alkanes of at least 4 members (excludes halogenated alkanes) is 1. The van der Waals surface area contributed by atoms with Crippen molar-refractivity contribution in [3.8, 4) is 5.69 Å². The maximum atomic E-state index is 12.4. The fraction of sp³-hybridized carbons (Fsp3) is 0.364. The summed E-state index contributed by atoms with van der Waals surface area (Å²) in [5.74, 6) is 0.791. The van der Waals surface area contributed by atoms with Crippen LogP contribution in [0, 0.1) is 0 Å². The SMILES string of the molecule is Cl.Cl.O=c1ccc(=O)n(-c2ccccc2)n1CCCCN1CCN(c2ncccn2)CC1. The molecule has 10 heteroatoms. The first-order valence-corrected chi connectivity index (χ1v) is 10.4. The fourth-order valence-corrected chi connectivity index (χ4v) is 3.79. The lowest BCUT2D eigenvalue weighted by atomic mass is 10.2. The second-order valence-electron chi connectivity index (χ2n) is 7.36. The third-order valence-electron chi connectivity index (χ3n) is 5.38. The van der Waals surface area contributed by atoms with Crippen molar-refractivity contribution in [1.29, 1.82) is 0 Å². The van der Waals surface area contributed by atoms with E-state index in [1.807, 2.05) is 36.4 Å². The predicted octanol–water partition coefficient (Wildman–Crippen LogP) is 2.24. The molecule has 0 bridgehead atoms. The van der Waals surface area contributed by atoms with Crippen LogP contribution in [0.1, 0.15) is 12.8 Å². The van der Waals surface area contributed by atoms with Crippen LogP contribution in [0.3, 0.4) is 0 Å². The summed E-state index contributed by atoms with van der Waals surface area (Å²) in [5.41, 5.74) is 0.356. The van der Waals surface area contributed by atoms with Crippen molar-refractivity contribution in [3.63, 3.8) is 0 Å². The second-order valence-corrected chi connectivity index (χ2v) is 7.36. The van der Waals surface area contributed by atoms with Crippen molar-refractivity contribution >= 4 is 30.8 Å². The van der Waals surface area contributed by atoms with E-state index in [9.17, 15) is 9.59 Å². The standard InChI is InChI=1S/C22H26N6O2.2ClH/c29-20-9-10-21(30)28(19-7-2-1-3-8-19)27(20)14-5-4-13-25-15-17-26(18-16-25)22-23-11-6-12-24-22;;/h1-3,6-12H,4-5,13-18H2;2*1H. The summed E-state index contributed by atoms with van der Waals surface area (Å²) >= 11 is 0. The van der Waals surface area contributed by atoms with Gasteiger partial charge in [-0.2, -0.15) is 0 Å². The van der Waals surface area contributed by atoms with Crippen LogP contribution in [-0.2, 0) is 6.54 Å². The minimum atomic E-state index is -0.194. The highest BCUT2D eigenvalue weighted by Crippen LogP contribution is 2.10.